The van der Waals surface area contributed by atoms with Crippen molar-refractivity contribution in [1.82, 2.24) is 0 Å². The van der Waals surface area contributed by atoms with E-state index in [9.17, 15) is 19.2 Å². The number of carbonyl (C=O) groups is 4. The minimum Gasteiger partial charge on any atom is -0.486 e. The number of thiophene rings is 1. The Labute approximate surface area is 176 Å². The number of esters is 1. The van der Waals surface area contributed by atoms with Crippen LogP contribution >= 0.6 is 11.3 Å². The van der Waals surface area contributed by atoms with E-state index < -0.39 is 23.9 Å². The number of rotatable bonds is 8. The van der Waals surface area contributed by atoms with Crippen molar-refractivity contribution in [3.8, 4) is 11.5 Å². The van der Waals surface area contributed by atoms with Crippen LogP contribution in [0, 0.1) is 0 Å². The predicted octanol–water partition coefficient (Wildman–Crippen LogP) is 2.15. The Morgan fingerprint density at radius 3 is 2.60 bits per heavy atom. The predicted molar refractivity (Wildman–Crippen MR) is 108 cm³/mol. The molecule has 1 aromatic carbocycles. The molecular weight excluding hydrogens is 412 g/mol. The van der Waals surface area contributed by atoms with Crippen LogP contribution in [0.3, 0.4) is 0 Å². The number of nitrogens with two attached hydrogens (primary N) is 1. The van der Waals surface area contributed by atoms with Gasteiger partial charge in [0.25, 0.3) is 11.8 Å². The topological polar surface area (TPSA) is 134 Å². The summed E-state index contributed by atoms with van der Waals surface area (Å²) in [6, 6.07) is 6.32. The van der Waals surface area contributed by atoms with E-state index in [1.807, 2.05) is 0 Å². The Morgan fingerprint density at radius 1 is 1.13 bits per heavy atom. The van der Waals surface area contributed by atoms with E-state index in [2.05, 4.69) is 5.32 Å². The summed E-state index contributed by atoms with van der Waals surface area (Å²) < 4.78 is 15.9. The number of amides is 2. The van der Waals surface area contributed by atoms with Gasteiger partial charge in [-0.15, -0.1) is 11.3 Å². The Morgan fingerprint density at radius 2 is 1.87 bits per heavy atom. The summed E-state index contributed by atoms with van der Waals surface area (Å²) in [5, 5.41) is 4.39. The molecule has 0 fully saturated rings. The molecule has 9 nitrogen and oxygen atoms in total. The average Bonchev–Trinajstić information content (AvgIpc) is 3.20. The van der Waals surface area contributed by atoms with Gasteiger partial charge in [-0.3, -0.25) is 19.2 Å². The maximum Gasteiger partial charge on any atom is 0.307 e. The smallest absolute Gasteiger partial charge is 0.307 e. The number of ether oxygens (including phenoxy) is 3. The van der Waals surface area contributed by atoms with Crippen molar-refractivity contribution < 1.29 is 33.4 Å². The van der Waals surface area contributed by atoms with Gasteiger partial charge in [-0.2, -0.15) is 0 Å². The van der Waals surface area contributed by atoms with Crippen LogP contribution < -0.4 is 20.5 Å². The molecule has 0 bridgehead atoms. The molecule has 3 N–H and O–H groups in total. The summed E-state index contributed by atoms with van der Waals surface area (Å²) in [6.07, 6.45) is -1.37. The molecule has 1 aromatic heterocycles. The van der Waals surface area contributed by atoms with Crippen LogP contribution in [0.4, 0.5) is 5.00 Å². The van der Waals surface area contributed by atoms with Crippen molar-refractivity contribution in [3.63, 3.8) is 0 Å². The van der Waals surface area contributed by atoms with Gasteiger partial charge in [-0.05, 0) is 36.6 Å². The van der Waals surface area contributed by atoms with Crippen LogP contribution in [-0.4, -0.2) is 42.9 Å². The molecule has 0 saturated carbocycles. The van der Waals surface area contributed by atoms with Gasteiger partial charge in [-0.25, -0.2) is 0 Å². The lowest BCUT2D eigenvalue weighted by Crippen LogP contribution is -2.30. The quantitative estimate of drug-likeness (QED) is 0.482. The first-order valence-electron chi connectivity index (χ1n) is 9.15. The zero-order valence-corrected chi connectivity index (χ0v) is 17.0. The molecule has 2 heterocycles. The summed E-state index contributed by atoms with van der Waals surface area (Å²) in [5.74, 6) is -1.16. The van der Waals surface area contributed by atoms with Gasteiger partial charge in [0.2, 0.25) is 0 Å². The molecule has 0 aliphatic carbocycles. The first-order valence-corrected chi connectivity index (χ1v) is 10.0. The average molecular weight is 432 g/mol. The zero-order chi connectivity index (χ0) is 21.7. The highest BCUT2D eigenvalue weighted by Gasteiger charge is 2.22. The number of hydrogen-bond donors (Lipinski definition) is 2. The van der Waals surface area contributed by atoms with Crippen LogP contribution in [0.5, 0.6) is 11.5 Å². The molecule has 1 aliphatic rings. The van der Waals surface area contributed by atoms with Crippen molar-refractivity contribution >= 4 is 39.9 Å². The van der Waals surface area contributed by atoms with Gasteiger partial charge < -0.3 is 25.3 Å². The zero-order valence-electron chi connectivity index (χ0n) is 16.1. The van der Waals surface area contributed by atoms with E-state index in [1.54, 1.807) is 23.6 Å². The summed E-state index contributed by atoms with van der Waals surface area (Å²) in [6.45, 7) is 2.25. The Balaban J connectivity index is 1.49. The van der Waals surface area contributed by atoms with Crippen molar-refractivity contribution in [2.24, 2.45) is 5.73 Å². The minimum absolute atomic E-state index is 0.0798. The van der Waals surface area contributed by atoms with Crippen molar-refractivity contribution in [2.75, 3.05) is 18.5 Å². The van der Waals surface area contributed by atoms with E-state index in [0.717, 1.165) is 11.3 Å². The Hall–Kier alpha value is -3.40. The standard InChI is InChI=1S/C20H20N2O7S/c1-11(19(26)22-20-13(18(21)25)6-9-30-20)29-17(24)5-3-14(23)12-2-4-15-16(10-12)28-8-7-27-15/h2,4,6,9-11H,3,5,7-8H2,1H3,(H2,21,25)(H,22,26)/t11-/m1/s1. The highest BCUT2D eigenvalue weighted by molar-refractivity contribution is 7.14. The van der Waals surface area contributed by atoms with E-state index in [0.29, 0.717) is 30.3 Å². The second-order valence-corrected chi connectivity index (χ2v) is 7.35. The number of carbonyl (C=O) groups excluding carboxylic acids is 4. The second-order valence-electron chi connectivity index (χ2n) is 6.43. The number of primary amides is 1. The molecular formula is C20H20N2O7S. The van der Waals surface area contributed by atoms with Crippen LogP contribution in [-0.2, 0) is 14.3 Å². The summed E-state index contributed by atoms with van der Waals surface area (Å²) in [7, 11) is 0. The SMILES string of the molecule is C[C@@H](OC(=O)CCC(=O)c1ccc2c(c1)OCCO2)C(=O)Nc1sccc1C(N)=O. The molecule has 0 saturated heterocycles. The van der Waals surface area contributed by atoms with Gasteiger partial charge >= 0.3 is 5.97 Å². The Kier molecular flexibility index (Phi) is 6.68. The molecule has 0 spiro atoms. The molecule has 0 radical (unpaired) electrons. The highest BCUT2D eigenvalue weighted by Crippen LogP contribution is 2.31. The van der Waals surface area contributed by atoms with Gasteiger partial charge in [-0.1, -0.05) is 0 Å². The van der Waals surface area contributed by atoms with Crippen LogP contribution in [0.2, 0.25) is 0 Å². The largest absolute Gasteiger partial charge is 0.486 e. The van der Waals surface area contributed by atoms with Gasteiger partial charge in [0.05, 0.1) is 12.0 Å². The third kappa shape index (κ3) is 5.15. The third-order valence-electron chi connectivity index (χ3n) is 4.27. The normalized spacial score (nSPS) is 13.2. The molecule has 1 aliphatic heterocycles. The van der Waals surface area contributed by atoms with Gasteiger partial charge in [0, 0.05) is 12.0 Å². The molecule has 30 heavy (non-hydrogen) atoms. The first-order chi connectivity index (χ1) is 14.3. The molecule has 158 valence electrons. The van der Waals surface area contributed by atoms with E-state index in [4.69, 9.17) is 19.9 Å². The highest BCUT2D eigenvalue weighted by atomic mass is 32.1. The number of ketones is 1. The maximum atomic E-state index is 12.3. The first kappa shape index (κ1) is 21.3. The number of Topliss-reactive ketones (excluding diaryl/α,β-unsaturated/α-hetero) is 1. The van der Waals surface area contributed by atoms with Crippen molar-refractivity contribution in [1.29, 1.82) is 0 Å². The summed E-state index contributed by atoms with van der Waals surface area (Å²) >= 11 is 1.13. The van der Waals surface area contributed by atoms with Gasteiger partial charge in [0.15, 0.2) is 23.4 Å². The lowest BCUT2D eigenvalue weighted by molar-refractivity contribution is -0.153. The summed E-state index contributed by atoms with van der Waals surface area (Å²) in [4.78, 5) is 47.9. The summed E-state index contributed by atoms with van der Waals surface area (Å²) in [5.41, 5.74) is 5.80. The lowest BCUT2D eigenvalue weighted by atomic mass is 10.1. The molecule has 1 atom stereocenters. The number of nitrogens with one attached hydrogen (secondary N) is 1. The van der Waals surface area contributed by atoms with E-state index in [-0.39, 0.29) is 29.2 Å². The minimum atomic E-state index is -1.11. The van der Waals surface area contributed by atoms with E-state index >= 15 is 0 Å². The maximum absolute atomic E-state index is 12.3. The molecule has 2 aromatic rings. The molecule has 10 heteroatoms. The number of anilines is 1. The molecule has 2 amide bonds. The fraction of sp³-hybridized carbons (Fsp3) is 0.300. The molecule has 0 unspecified atom stereocenters. The van der Waals surface area contributed by atoms with Gasteiger partial charge in [0.1, 0.15) is 18.2 Å². The fourth-order valence-electron chi connectivity index (χ4n) is 2.70. The number of benzene rings is 1. The van der Waals surface area contributed by atoms with Crippen LogP contribution in [0.1, 0.15) is 40.5 Å². The van der Waals surface area contributed by atoms with Crippen LogP contribution in [0.25, 0.3) is 0 Å². The number of fused-ring (bicyclic) bond motifs is 1. The van der Waals surface area contributed by atoms with Crippen molar-refractivity contribution in [3.05, 3.63) is 40.8 Å². The Bertz CT molecular complexity index is 985. The number of hydrogen-bond acceptors (Lipinski definition) is 8. The third-order valence-corrected chi connectivity index (χ3v) is 5.10. The lowest BCUT2D eigenvalue weighted by Gasteiger charge is -2.18. The van der Waals surface area contributed by atoms with Crippen molar-refractivity contribution in [2.45, 2.75) is 25.9 Å². The monoisotopic (exact) mass is 432 g/mol. The van der Waals surface area contributed by atoms with Crippen LogP contribution in [0.15, 0.2) is 29.6 Å². The van der Waals surface area contributed by atoms with E-state index in [1.165, 1.54) is 13.0 Å². The fourth-order valence-corrected chi connectivity index (χ4v) is 3.50. The molecule has 3 rings (SSSR count). The second kappa shape index (κ2) is 9.40.